The molecule has 38 heavy (non-hydrogen) atoms. The highest BCUT2D eigenvalue weighted by molar-refractivity contribution is 5.79. The molecular formula is C33H53N2O3+. The second kappa shape index (κ2) is 20.4. The molecule has 1 amide bonds. The fourth-order valence-corrected chi connectivity index (χ4v) is 4.86. The molecule has 0 aliphatic rings. The number of benzene rings is 1. The van der Waals surface area contributed by atoms with E-state index < -0.39 is 0 Å². The first-order valence-electron chi connectivity index (χ1n) is 15.2. The van der Waals surface area contributed by atoms with E-state index in [1.165, 1.54) is 83.5 Å². The Labute approximate surface area is 232 Å². The molecule has 0 aliphatic heterocycles. The van der Waals surface area contributed by atoms with Crippen LogP contribution in [0.15, 0.2) is 48.8 Å². The molecule has 2 aromatic rings. The molecule has 0 bridgehead atoms. The topological polar surface area (TPSA) is 51.4 Å². The van der Waals surface area contributed by atoms with Crippen LogP contribution in [0.2, 0.25) is 0 Å². The van der Waals surface area contributed by atoms with Gasteiger partial charge in [-0.2, -0.15) is 4.57 Å². The molecule has 1 aromatic heterocycles. The second-order valence-corrected chi connectivity index (χ2v) is 10.4. The van der Waals surface area contributed by atoms with Crippen LogP contribution in [-0.2, 0) is 11.2 Å². The molecule has 0 fully saturated rings. The quantitative estimate of drug-likeness (QED) is 0.125. The molecule has 0 spiro atoms. The maximum absolute atomic E-state index is 12.7. The smallest absolute Gasteiger partial charge is 0.233 e. The van der Waals surface area contributed by atoms with Gasteiger partial charge in [-0.25, -0.2) is 0 Å². The SMILES string of the molecule is CCCCCCCCCCCCCCCCOc1ccc(CC(=O)NC(CC)[n+]2ccccc2)c(OC)c1. The van der Waals surface area contributed by atoms with E-state index >= 15 is 0 Å². The van der Waals surface area contributed by atoms with Gasteiger partial charge in [-0.05, 0) is 12.5 Å². The van der Waals surface area contributed by atoms with Crippen molar-refractivity contribution in [2.45, 2.75) is 123 Å². The summed E-state index contributed by atoms with van der Waals surface area (Å²) in [6, 6.07) is 11.7. The van der Waals surface area contributed by atoms with Crippen LogP contribution in [0.3, 0.4) is 0 Å². The number of pyridine rings is 1. The van der Waals surface area contributed by atoms with Crippen molar-refractivity contribution in [1.29, 1.82) is 0 Å². The molecule has 1 heterocycles. The Hall–Kier alpha value is -2.56. The summed E-state index contributed by atoms with van der Waals surface area (Å²) in [4.78, 5) is 12.7. The largest absolute Gasteiger partial charge is 0.496 e. The number of amides is 1. The Kier molecular flexibility index (Phi) is 17.0. The van der Waals surface area contributed by atoms with E-state index in [4.69, 9.17) is 9.47 Å². The Morgan fingerprint density at radius 1 is 0.816 bits per heavy atom. The summed E-state index contributed by atoms with van der Waals surface area (Å²) in [5.74, 6) is 1.47. The fraction of sp³-hybridized carbons (Fsp3) is 0.636. The van der Waals surface area contributed by atoms with Crippen LogP contribution in [0.25, 0.3) is 0 Å². The number of rotatable bonds is 22. The Morgan fingerprint density at radius 3 is 1.95 bits per heavy atom. The van der Waals surface area contributed by atoms with Gasteiger partial charge in [-0.15, -0.1) is 0 Å². The van der Waals surface area contributed by atoms with E-state index in [0.717, 1.165) is 24.2 Å². The fourth-order valence-electron chi connectivity index (χ4n) is 4.86. The first-order chi connectivity index (χ1) is 18.7. The molecule has 5 heteroatoms. The molecule has 0 aliphatic carbocycles. The van der Waals surface area contributed by atoms with Crippen LogP contribution in [0.5, 0.6) is 11.5 Å². The summed E-state index contributed by atoms with van der Waals surface area (Å²) in [7, 11) is 1.64. The van der Waals surface area contributed by atoms with Crippen molar-refractivity contribution >= 4 is 5.91 Å². The van der Waals surface area contributed by atoms with Crippen LogP contribution in [0.1, 0.15) is 122 Å². The van der Waals surface area contributed by atoms with Crippen LogP contribution < -0.4 is 19.4 Å². The number of hydrogen-bond donors (Lipinski definition) is 1. The standard InChI is InChI=1S/C33H52N2O3/c1-4-6-7-8-9-10-11-12-13-14-15-16-17-21-26-38-30-23-22-29(31(28-30)37-3)27-33(36)34-32(5-2)35-24-19-18-20-25-35/h18-20,22-25,28,32H,4-17,21,26-27H2,1-3H3/p+1. The number of hydrogen-bond acceptors (Lipinski definition) is 3. The van der Waals surface area contributed by atoms with Crippen molar-refractivity contribution in [3.63, 3.8) is 0 Å². The monoisotopic (exact) mass is 525 g/mol. The lowest BCUT2D eigenvalue weighted by atomic mass is 10.0. The first kappa shape index (κ1) is 31.7. The van der Waals surface area contributed by atoms with Crippen LogP contribution in [0.4, 0.5) is 0 Å². The van der Waals surface area contributed by atoms with E-state index in [0.29, 0.717) is 12.4 Å². The van der Waals surface area contributed by atoms with Crippen LogP contribution in [-0.4, -0.2) is 19.6 Å². The van der Waals surface area contributed by atoms with Gasteiger partial charge in [0.2, 0.25) is 12.1 Å². The molecule has 1 N–H and O–H groups in total. The summed E-state index contributed by atoms with van der Waals surface area (Å²) >= 11 is 0. The highest BCUT2D eigenvalue weighted by atomic mass is 16.5. The average molecular weight is 526 g/mol. The number of unbranched alkanes of at least 4 members (excludes halogenated alkanes) is 13. The molecule has 0 saturated carbocycles. The average Bonchev–Trinajstić information content (AvgIpc) is 2.95. The van der Waals surface area contributed by atoms with Crippen molar-refractivity contribution in [2.24, 2.45) is 0 Å². The minimum Gasteiger partial charge on any atom is -0.496 e. The Morgan fingerprint density at radius 2 is 1.39 bits per heavy atom. The number of carbonyl (C=O) groups excluding carboxylic acids is 1. The molecule has 1 aromatic carbocycles. The van der Waals surface area contributed by atoms with Crippen LogP contribution >= 0.6 is 0 Å². The number of aromatic nitrogens is 1. The van der Waals surface area contributed by atoms with E-state index in [1.807, 2.05) is 53.4 Å². The van der Waals surface area contributed by atoms with Gasteiger partial charge in [0.1, 0.15) is 11.5 Å². The summed E-state index contributed by atoms with van der Waals surface area (Å²) in [5, 5.41) is 3.12. The molecule has 1 unspecified atom stereocenters. The minimum absolute atomic E-state index is 0.0254. The van der Waals surface area contributed by atoms with Gasteiger partial charge in [0, 0.05) is 30.2 Å². The third-order valence-electron chi connectivity index (χ3n) is 7.19. The third kappa shape index (κ3) is 13.3. The van der Waals surface area contributed by atoms with Crippen LogP contribution in [0, 0.1) is 0 Å². The zero-order valence-corrected chi connectivity index (χ0v) is 24.4. The van der Waals surface area contributed by atoms with Crippen molar-refractivity contribution in [2.75, 3.05) is 13.7 Å². The summed E-state index contributed by atoms with van der Waals surface area (Å²) < 4.78 is 13.6. The lowest BCUT2D eigenvalue weighted by molar-refractivity contribution is -0.727. The highest BCUT2D eigenvalue weighted by Gasteiger charge is 2.19. The van der Waals surface area contributed by atoms with E-state index in [1.54, 1.807) is 7.11 Å². The maximum atomic E-state index is 12.7. The maximum Gasteiger partial charge on any atom is 0.233 e. The Balaban J connectivity index is 1.58. The predicted octanol–water partition coefficient (Wildman–Crippen LogP) is 8.11. The number of carbonyl (C=O) groups is 1. The van der Waals surface area contributed by atoms with E-state index in [9.17, 15) is 4.79 Å². The van der Waals surface area contributed by atoms with Gasteiger partial charge in [-0.1, -0.05) is 109 Å². The zero-order chi connectivity index (χ0) is 27.3. The van der Waals surface area contributed by atoms with Gasteiger partial charge >= 0.3 is 0 Å². The minimum atomic E-state index is -0.0672. The van der Waals surface area contributed by atoms with Gasteiger partial charge in [0.15, 0.2) is 12.4 Å². The molecule has 5 nitrogen and oxygen atoms in total. The lowest BCUT2D eigenvalue weighted by Gasteiger charge is -2.14. The van der Waals surface area contributed by atoms with E-state index in [-0.39, 0.29) is 18.5 Å². The summed E-state index contributed by atoms with van der Waals surface area (Å²) in [5.41, 5.74) is 0.863. The number of nitrogens with one attached hydrogen (secondary N) is 1. The van der Waals surface area contributed by atoms with Crippen molar-refractivity contribution in [1.82, 2.24) is 5.32 Å². The molecular weight excluding hydrogens is 472 g/mol. The molecule has 2 rings (SSSR count). The molecule has 0 radical (unpaired) electrons. The highest BCUT2D eigenvalue weighted by Crippen LogP contribution is 2.25. The van der Waals surface area contributed by atoms with Crippen molar-refractivity contribution in [3.8, 4) is 11.5 Å². The number of methoxy groups -OCH3 is 1. The number of nitrogens with zero attached hydrogens (tertiary/aromatic N) is 1. The molecule has 212 valence electrons. The molecule has 1 atom stereocenters. The lowest BCUT2D eigenvalue weighted by Crippen LogP contribution is -2.49. The van der Waals surface area contributed by atoms with Gasteiger partial charge in [0.05, 0.1) is 20.1 Å². The Bertz CT molecular complexity index is 872. The van der Waals surface area contributed by atoms with Gasteiger partial charge in [-0.3, -0.25) is 10.1 Å². The normalized spacial score (nSPS) is 11.8. The van der Waals surface area contributed by atoms with Gasteiger partial charge in [0.25, 0.3) is 0 Å². The second-order valence-electron chi connectivity index (χ2n) is 10.4. The summed E-state index contributed by atoms with van der Waals surface area (Å²) in [6.07, 6.45) is 23.9. The third-order valence-corrected chi connectivity index (χ3v) is 7.19. The summed E-state index contributed by atoms with van der Waals surface area (Å²) in [6.45, 7) is 5.06. The van der Waals surface area contributed by atoms with Crippen molar-refractivity contribution < 1.29 is 18.8 Å². The van der Waals surface area contributed by atoms with Crippen molar-refractivity contribution in [3.05, 3.63) is 54.4 Å². The van der Waals surface area contributed by atoms with E-state index in [2.05, 4.69) is 19.2 Å². The molecule has 0 saturated heterocycles. The zero-order valence-electron chi connectivity index (χ0n) is 24.4. The predicted molar refractivity (Wildman–Crippen MR) is 157 cm³/mol. The van der Waals surface area contributed by atoms with Gasteiger partial charge < -0.3 is 9.47 Å². The first-order valence-corrected chi connectivity index (χ1v) is 15.2. The number of ether oxygens (including phenoxy) is 2.